The molecular formula is C20H26N2. The van der Waals surface area contributed by atoms with Gasteiger partial charge in [-0.05, 0) is 41.7 Å². The maximum absolute atomic E-state index is 3.92. The Kier molecular flexibility index (Phi) is 4.91. The lowest BCUT2D eigenvalue weighted by molar-refractivity contribution is 0.167. The zero-order chi connectivity index (χ0) is 15.4. The topological polar surface area (TPSA) is 15.3 Å². The van der Waals surface area contributed by atoms with E-state index in [4.69, 9.17) is 0 Å². The van der Waals surface area contributed by atoms with E-state index in [2.05, 4.69) is 60.1 Å². The number of rotatable bonds is 5. The summed E-state index contributed by atoms with van der Waals surface area (Å²) in [5.41, 5.74) is 2.84. The highest BCUT2D eigenvalue weighted by Gasteiger charge is 2.23. The first-order valence-corrected chi connectivity index (χ1v) is 8.35. The first kappa shape index (κ1) is 15.3. The summed E-state index contributed by atoms with van der Waals surface area (Å²) in [5.74, 6) is 0. The minimum atomic E-state index is 0.491. The molecule has 2 heteroatoms. The Bertz CT molecular complexity index is 641. The lowest BCUT2D eigenvalue weighted by Gasteiger charge is -2.36. The van der Waals surface area contributed by atoms with E-state index in [0.717, 1.165) is 39.0 Å². The number of allylic oxidation sites excluding steroid dienone is 1. The molecule has 2 aromatic carbocycles. The molecule has 1 saturated heterocycles. The molecule has 116 valence electrons. The summed E-state index contributed by atoms with van der Waals surface area (Å²) in [5, 5.41) is 6.26. The maximum Gasteiger partial charge on any atom is 0.0358 e. The number of nitrogens with zero attached hydrogens (tertiary/aromatic N) is 1. The van der Waals surface area contributed by atoms with Crippen LogP contribution in [0.25, 0.3) is 10.8 Å². The third-order valence-corrected chi connectivity index (χ3v) is 4.77. The third-order valence-electron chi connectivity index (χ3n) is 4.77. The fraction of sp³-hybridized carbons (Fsp3) is 0.400. The Balaban J connectivity index is 2.03. The van der Waals surface area contributed by atoms with Crippen LogP contribution in [0.5, 0.6) is 0 Å². The second-order valence-electron chi connectivity index (χ2n) is 6.19. The van der Waals surface area contributed by atoms with Gasteiger partial charge >= 0.3 is 0 Å². The van der Waals surface area contributed by atoms with Gasteiger partial charge in [-0.15, -0.1) is 6.58 Å². The summed E-state index contributed by atoms with van der Waals surface area (Å²) in [6.07, 6.45) is 4.26. The predicted molar refractivity (Wildman–Crippen MR) is 95.3 cm³/mol. The Labute approximate surface area is 133 Å². The summed E-state index contributed by atoms with van der Waals surface area (Å²) < 4.78 is 0. The van der Waals surface area contributed by atoms with E-state index in [1.165, 1.54) is 21.9 Å². The van der Waals surface area contributed by atoms with Gasteiger partial charge in [0.1, 0.15) is 0 Å². The van der Waals surface area contributed by atoms with Gasteiger partial charge in [0.2, 0.25) is 0 Å². The molecule has 1 atom stereocenters. The summed E-state index contributed by atoms with van der Waals surface area (Å²) >= 11 is 0. The van der Waals surface area contributed by atoms with Crippen LogP contribution in [0.4, 0.5) is 0 Å². The number of piperazine rings is 1. The van der Waals surface area contributed by atoms with Gasteiger partial charge in [0.25, 0.3) is 0 Å². The number of fused-ring (bicyclic) bond motifs is 1. The van der Waals surface area contributed by atoms with E-state index in [-0.39, 0.29) is 0 Å². The monoisotopic (exact) mass is 294 g/mol. The highest BCUT2D eigenvalue weighted by atomic mass is 15.2. The summed E-state index contributed by atoms with van der Waals surface area (Å²) in [4.78, 5) is 2.64. The number of aryl methyl sites for hydroxylation is 1. The van der Waals surface area contributed by atoms with Crippen LogP contribution in [0.15, 0.2) is 49.1 Å². The largest absolute Gasteiger partial charge is 0.314 e. The number of nitrogens with one attached hydrogen (secondary N) is 1. The van der Waals surface area contributed by atoms with Crippen molar-refractivity contribution in [3.63, 3.8) is 0 Å². The molecule has 1 aliphatic rings. The van der Waals surface area contributed by atoms with E-state index in [0.29, 0.717) is 6.04 Å². The lowest BCUT2D eigenvalue weighted by Crippen LogP contribution is -2.45. The van der Waals surface area contributed by atoms with Crippen molar-refractivity contribution in [2.24, 2.45) is 0 Å². The second-order valence-corrected chi connectivity index (χ2v) is 6.19. The molecule has 0 aromatic heterocycles. The van der Waals surface area contributed by atoms with Crippen LogP contribution in [0.1, 0.15) is 30.0 Å². The summed E-state index contributed by atoms with van der Waals surface area (Å²) in [7, 11) is 0. The Morgan fingerprint density at radius 1 is 1.14 bits per heavy atom. The summed E-state index contributed by atoms with van der Waals surface area (Å²) in [6.45, 7) is 10.6. The Morgan fingerprint density at radius 3 is 2.59 bits per heavy atom. The molecule has 0 radical (unpaired) electrons. The van der Waals surface area contributed by atoms with Crippen molar-refractivity contribution >= 4 is 10.8 Å². The van der Waals surface area contributed by atoms with Crippen molar-refractivity contribution in [1.82, 2.24) is 10.2 Å². The van der Waals surface area contributed by atoms with Crippen molar-refractivity contribution in [2.45, 2.75) is 25.8 Å². The average Bonchev–Trinajstić information content (AvgIpc) is 2.58. The quantitative estimate of drug-likeness (QED) is 0.837. The zero-order valence-corrected chi connectivity index (χ0v) is 13.5. The molecule has 0 amide bonds. The van der Waals surface area contributed by atoms with Crippen molar-refractivity contribution in [1.29, 1.82) is 0 Å². The predicted octanol–water partition coefficient (Wildman–Crippen LogP) is 4.06. The number of hydrogen-bond acceptors (Lipinski definition) is 2. The van der Waals surface area contributed by atoms with Crippen molar-refractivity contribution in [3.05, 3.63) is 60.2 Å². The average molecular weight is 294 g/mol. The molecule has 0 unspecified atom stereocenters. The first-order valence-electron chi connectivity index (χ1n) is 8.35. The highest BCUT2D eigenvalue weighted by Crippen LogP contribution is 2.33. The van der Waals surface area contributed by atoms with Gasteiger partial charge in [0.15, 0.2) is 0 Å². The minimum absolute atomic E-state index is 0.491. The highest BCUT2D eigenvalue weighted by molar-refractivity contribution is 5.88. The molecule has 0 bridgehead atoms. The second kappa shape index (κ2) is 7.08. The number of benzene rings is 2. The third kappa shape index (κ3) is 3.08. The smallest absolute Gasteiger partial charge is 0.0358 e. The van der Waals surface area contributed by atoms with E-state index in [1.54, 1.807) is 0 Å². The van der Waals surface area contributed by atoms with Gasteiger partial charge in [-0.25, -0.2) is 0 Å². The van der Waals surface area contributed by atoms with Crippen LogP contribution >= 0.6 is 0 Å². The standard InChI is InChI=1S/C20H26N2/c1-3-4-9-20(22-14-12-21-13-15-22)19-11-10-16(2)17-7-5-6-8-18(17)19/h3,5-8,10-11,20-21H,1,4,9,12-15H2,2H3/t20-/m0/s1. The lowest BCUT2D eigenvalue weighted by atomic mass is 9.92. The minimum Gasteiger partial charge on any atom is -0.314 e. The number of hydrogen-bond donors (Lipinski definition) is 1. The van der Waals surface area contributed by atoms with E-state index < -0.39 is 0 Å². The van der Waals surface area contributed by atoms with Crippen LogP contribution in [0.3, 0.4) is 0 Å². The van der Waals surface area contributed by atoms with Gasteiger partial charge < -0.3 is 5.32 Å². The van der Waals surface area contributed by atoms with E-state index in [9.17, 15) is 0 Å². The van der Waals surface area contributed by atoms with Gasteiger partial charge in [-0.3, -0.25) is 4.90 Å². The van der Waals surface area contributed by atoms with Crippen LogP contribution < -0.4 is 5.32 Å². The van der Waals surface area contributed by atoms with Crippen molar-refractivity contribution < 1.29 is 0 Å². The molecule has 0 saturated carbocycles. The molecule has 1 fully saturated rings. The molecular weight excluding hydrogens is 268 g/mol. The van der Waals surface area contributed by atoms with E-state index >= 15 is 0 Å². The molecule has 3 rings (SSSR count). The van der Waals surface area contributed by atoms with Crippen LogP contribution in [-0.4, -0.2) is 31.1 Å². The van der Waals surface area contributed by atoms with E-state index in [1.807, 2.05) is 6.08 Å². The molecule has 2 aromatic rings. The molecule has 1 aliphatic heterocycles. The first-order chi connectivity index (χ1) is 10.8. The van der Waals surface area contributed by atoms with Gasteiger partial charge in [-0.1, -0.05) is 42.5 Å². The normalized spacial score (nSPS) is 17.5. The van der Waals surface area contributed by atoms with Crippen LogP contribution in [0.2, 0.25) is 0 Å². The zero-order valence-electron chi connectivity index (χ0n) is 13.5. The maximum atomic E-state index is 3.92. The molecule has 1 heterocycles. The molecule has 22 heavy (non-hydrogen) atoms. The van der Waals surface area contributed by atoms with Gasteiger partial charge in [0.05, 0.1) is 0 Å². The summed E-state index contributed by atoms with van der Waals surface area (Å²) in [6, 6.07) is 13.9. The van der Waals surface area contributed by atoms with Gasteiger partial charge in [-0.2, -0.15) is 0 Å². The molecule has 1 N–H and O–H groups in total. The molecule has 0 aliphatic carbocycles. The van der Waals surface area contributed by atoms with Crippen LogP contribution in [-0.2, 0) is 0 Å². The van der Waals surface area contributed by atoms with Crippen molar-refractivity contribution in [3.8, 4) is 0 Å². The molecule has 0 spiro atoms. The SMILES string of the molecule is C=CCC[C@@H](c1ccc(C)c2ccccc12)N1CCNCC1. The van der Waals surface area contributed by atoms with Gasteiger partial charge in [0, 0.05) is 32.2 Å². The van der Waals surface area contributed by atoms with Crippen molar-refractivity contribution in [2.75, 3.05) is 26.2 Å². The fourth-order valence-corrected chi connectivity index (χ4v) is 3.57. The van der Waals surface area contributed by atoms with Crippen LogP contribution in [0, 0.1) is 6.92 Å². The molecule has 2 nitrogen and oxygen atoms in total. The Morgan fingerprint density at radius 2 is 1.86 bits per heavy atom. The fourth-order valence-electron chi connectivity index (χ4n) is 3.57. The Hall–Kier alpha value is -1.64.